The normalized spacial score (nSPS) is 19.9. The first-order valence-corrected chi connectivity index (χ1v) is 8.20. The molecule has 26 heavy (non-hydrogen) atoms. The summed E-state index contributed by atoms with van der Waals surface area (Å²) in [6.45, 7) is 4.99. The SMILES string of the molecule is C=CNC(=O)NC[C@H]1CN(c2ccc(N3CCOCC3=O)cc2)C(=O)O1. The molecular formula is C17H20N4O5. The van der Waals surface area contributed by atoms with Gasteiger partial charge >= 0.3 is 12.1 Å². The van der Waals surface area contributed by atoms with Crippen LogP contribution in [-0.4, -0.2) is 57.0 Å². The standard InChI is InChI=1S/C17H20N4O5/c1-2-18-16(23)19-9-14-10-21(17(24)26-14)13-5-3-12(4-6-13)20-7-8-25-11-15(20)22/h2-6,14H,1,7-11H2,(H2,18,19,23)/t14-/m0/s1. The Labute approximate surface area is 150 Å². The number of hydrogen-bond donors (Lipinski definition) is 2. The Morgan fingerprint density at radius 1 is 1.23 bits per heavy atom. The summed E-state index contributed by atoms with van der Waals surface area (Å²) in [5.74, 6) is -0.0893. The van der Waals surface area contributed by atoms with Crippen molar-refractivity contribution >= 4 is 29.4 Å². The van der Waals surface area contributed by atoms with Gasteiger partial charge in [-0.3, -0.25) is 9.69 Å². The predicted octanol–water partition coefficient (Wildman–Crippen LogP) is 0.818. The highest BCUT2D eigenvalue weighted by Gasteiger charge is 2.32. The van der Waals surface area contributed by atoms with Gasteiger partial charge in [-0.25, -0.2) is 9.59 Å². The number of anilines is 2. The number of carbonyl (C=O) groups is 3. The van der Waals surface area contributed by atoms with E-state index in [-0.39, 0.29) is 19.1 Å². The lowest BCUT2D eigenvalue weighted by molar-refractivity contribution is -0.125. The number of rotatable bonds is 5. The van der Waals surface area contributed by atoms with Gasteiger partial charge in [0.2, 0.25) is 0 Å². The van der Waals surface area contributed by atoms with E-state index in [1.807, 2.05) is 0 Å². The zero-order chi connectivity index (χ0) is 18.5. The minimum absolute atomic E-state index is 0.0777. The molecule has 9 heteroatoms. The van der Waals surface area contributed by atoms with Gasteiger partial charge in [-0.2, -0.15) is 0 Å². The zero-order valence-electron chi connectivity index (χ0n) is 14.1. The Morgan fingerprint density at radius 2 is 1.92 bits per heavy atom. The molecule has 2 fully saturated rings. The van der Waals surface area contributed by atoms with Gasteiger partial charge in [-0.05, 0) is 30.5 Å². The lowest BCUT2D eigenvalue weighted by atomic mass is 10.2. The Hall–Kier alpha value is -3.07. The first-order valence-electron chi connectivity index (χ1n) is 8.20. The Balaban J connectivity index is 1.60. The van der Waals surface area contributed by atoms with E-state index >= 15 is 0 Å². The summed E-state index contributed by atoms with van der Waals surface area (Å²) in [4.78, 5) is 38.4. The third-order valence-electron chi connectivity index (χ3n) is 4.06. The smallest absolute Gasteiger partial charge is 0.414 e. The molecule has 2 aliphatic rings. The largest absolute Gasteiger partial charge is 0.442 e. The van der Waals surface area contributed by atoms with E-state index in [9.17, 15) is 14.4 Å². The van der Waals surface area contributed by atoms with Crippen molar-refractivity contribution in [2.45, 2.75) is 6.10 Å². The van der Waals surface area contributed by atoms with Crippen LogP contribution < -0.4 is 20.4 Å². The average Bonchev–Trinajstić information content (AvgIpc) is 3.02. The molecule has 2 saturated heterocycles. The minimum Gasteiger partial charge on any atom is -0.442 e. The molecule has 1 aromatic rings. The highest BCUT2D eigenvalue weighted by atomic mass is 16.6. The average molecular weight is 360 g/mol. The molecular weight excluding hydrogens is 340 g/mol. The summed E-state index contributed by atoms with van der Waals surface area (Å²) >= 11 is 0. The van der Waals surface area contributed by atoms with Gasteiger partial charge in [0, 0.05) is 17.9 Å². The van der Waals surface area contributed by atoms with Crippen LogP contribution >= 0.6 is 0 Å². The van der Waals surface area contributed by atoms with E-state index in [1.54, 1.807) is 29.2 Å². The topological polar surface area (TPSA) is 100 Å². The van der Waals surface area contributed by atoms with Gasteiger partial charge in [-0.1, -0.05) is 6.58 Å². The summed E-state index contributed by atoms with van der Waals surface area (Å²) in [6, 6.07) is 6.69. The van der Waals surface area contributed by atoms with Crippen LogP contribution in [0.3, 0.4) is 0 Å². The molecule has 2 N–H and O–H groups in total. The van der Waals surface area contributed by atoms with Crippen LogP contribution in [0.4, 0.5) is 21.0 Å². The van der Waals surface area contributed by atoms with E-state index in [0.717, 1.165) is 5.69 Å². The molecule has 0 unspecified atom stereocenters. The number of ether oxygens (including phenoxy) is 2. The second kappa shape index (κ2) is 7.87. The fourth-order valence-corrected chi connectivity index (χ4v) is 2.79. The molecule has 0 spiro atoms. The summed E-state index contributed by atoms with van der Waals surface area (Å²) in [7, 11) is 0. The van der Waals surface area contributed by atoms with Gasteiger partial charge in [0.05, 0.1) is 19.7 Å². The highest BCUT2D eigenvalue weighted by Crippen LogP contribution is 2.25. The molecule has 1 atom stereocenters. The minimum atomic E-state index is -0.476. The van der Waals surface area contributed by atoms with Gasteiger partial charge in [0.15, 0.2) is 0 Å². The van der Waals surface area contributed by atoms with Crippen molar-refractivity contribution < 1.29 is 23.9 Å². The molecule has 2 aliphatic heterocycles. The van der Waals surface area contributed by atoms with E-state index in [1.165, 1.54) is 11.1 Å². The van der Waals surface area contributed by atoms with Crippen molar-refractivity contribution in [1.29, 1.82) is 0 Å². The zero-order valence-corrected chi connectivity index (χ0v) is 14.1. The molecule has 9 nitrogen and oxygen atoms in total. The second-order valence-corrected chi connectivity index (χ2v) is 5.79. The number of amides is 4. The third-order valence-corrected chi connectivity index (χ3v) is 4.06. The van der Waals surface area contributed by atoms with E-state index in [2.05, 4.69) is 17.2 Å². The van der Waals surface area contributed by atoms with Gasteiger partial charge in [0.1, 0.15) is 12.7 Å². The number of nitrogens with one attached hydrogen (secondary N) is 2. The number of cyclic esters (lactones) is 1. The maximum atomic E-state index is 12.1. The summed E-state index contributed by atoms with van der Waals surface area (Å²) in [6.07, 6.45) is 0.345. The summed E-state index contributed by atoms with van der Waals surface area (Å²) in [5, 5.41) is 4.98. The molecule has 0 aliphatic carbocycles. The molecule has 0 saturated carbocycles. The first-order chi connectivity index (χ1) is 12.6. The maximum Gasteiger partial charge on any atom is 0.414 e. The van der Waals surface area contributed by atoms with E-state index < -0.39 is 18.2 Å². The van der Waals surface area contributed by atoms with Crippen molar-refractivity contribution in [3.63, 3.8) is 0 Å². The second-order valence-electron chi connectivity index (χ2n) is 5.79. The van der Waals surface area contributed by atoms with E-state index in [0.29, 0.717) is 25.4 Å². The number of urea groups is 1. The quantitative estimate of drug-likeness (QED) is 0.810. The monoisotopic (exact) mass is 360 g/mol. The van der Waals surface area contributed by atoms with Crippen molar-refractivity contribution in [2.24, 2.45) is 0 Å². The van der Waals surface area contributed by atoms with Gasteiger partial charge in [0.25, 0.3) is 5.91 Å². The van der Waals surface area contributed by atoms with E-state index in [4.69, 9.17) is 9.47 Å². The van der Waals surface area contributed by atoms with Crippen molar-refractivity contribution in [3.8, 4) is 0 Å². The van der Waals surface area contributed by atoms with Crippen molar-refractivity contribution in [3.05, 3.63) is 37.0 Å². The fourth-order valence-electron chi connectivity index (χ4n) is 2.79. The predicted molar refractivity (Wildman–Crippen MR) is 94.0 cm³/mol. The molecule has 1 aromatic carbocycles. The lowest BCUT2D eigenvalue weighted by Crippen LogP contribution is -2.41. The number of nitrogens with zero attached hydrogens (tertiary/aromatic N) is 2. The number of carbonyl (C=O) groups excluding carboxylic acids is 3. The van der Waals surface area contributed by atoms with Crippen LogP contribution in [-0.2, 0) is 14.3 Å². The van der Waals surface area contributed by atoms with Crippen LogP contribution in [0.5, 0.6) is 0 Å². The number of morpholine rings is 1. The van der Waals surface area contributed by atoms with Crippen molar-refractivity contribution in [1.82, 2.24) is 10.6 Å². The molecule has 4 amide bonds. The molecule has 3 rings (SSSR count). The van der Waals surface area contributed by atoms with Crippen LogP contribution in [0.25, 0.3) is 0 Å². The Morgan fingerprint density at radius 3 is 2.58 bits per heavy atom. The van der Waals surface area contributed by atoms with Crippen molar-refractivity contribution in [2.75, 3.05) is 42.6 Å². The third kappa shape index (κ3) is 3.94. The molecule has 0 aromatic heterocycles. The van der Waals surface area contributed by atoms with Crippen LogP contribution in [0.2, 0.25) is 0 Å². The Bertz CT molecular complexity index is 706. The van der Waals surface area contributed by atoms with Crippen LogP contribution in [0, 0.1) is 0 Å². The molecule has 138 valence electrons. The summed E-state index contributed by atoms with van der Waals surface area (Å²) < 4.78 is 10.4. The van der Waals surface area contributed by atoms with Gasteiger partial charge < -0.3 is 25.0 Å². The fraction of sp³-hybridized carbons (Fsp3) is 0.353. The Kier molecular flexibility index (Phi) is 5.37. The highest BCUT2D eigenvalue weighted by molar-refractivity contribution is 5.95. The molecule has 0 bridgehead atoms. The van der Waals surface area contributed by atoms with Gasteiger partial charge in [-0.15, -0.1) is 0 Å². The molecule has 0 radical (unpaired) electrons. The van der Waals surface area contributed by atoms with Crippen LogP contribution in [0.15, 0.2) is 37.0 Å². The maximum absolute atomic E-state index is 12.1. The number of hydrogen-bond acceptors (Lipinski definition) is 5. The number of benzene rings is 1. The lowest BCUT2D eigenvalue weighted by Gasteiger charge is -2.27. The molecule has 2 heterocycles. The first kappa shape index (κ1) is 17.7. The van der Waals surface area contributed by atoms with Crippen LogP contribution in [0.1, 0.15) is 0 Å². The summed E-state index contributed by atoms with van der Waals surface area (Å²) in [5.41, 5.74) is 1.42.